The molecule has 1 aliphatic rings. The van der Waals surface area contributed by atoms with Crippen LogP contribution in [-0.2, 0) is 23.2 Å². The van der Waals surface area contributed by atoms with Gasteiger partial charge in [0.1, 0.15) is 5.60 Å². The van der Waals surface area contributed by atoms with E-state index in [1.165, 1.54) is 30.4 Å². The predicted octanol–water partition coefficient (Wildman–Crippen LogP) is 2.81. The van der Waals surface area contributed by atoms with Gasteiger partial charge in [0.05, 0.1) is 6.61 Å². The SMILES string of the molecule is CCOCC(C)(O)c1ccc2c(c1)CCCC2. The van der Waals surface area contributed by atoms with Crippen molar-refractivity contribution in [2.45, 2.75) is 45.1 Å². The zero-order valence-corrected chi connectivity index (χ0v) is 10.8. The second-order valence-corrected chi connectivity index (χ2v) is 5.10. The molecule has 0 radical (unpaired) electrons. The highest BCUT2D eigenvalue weighted by Crippen LogP contribution is 2.27. The van der Waals surface area contributed by atoms with E-state index < -0.39 is 5.60 Å². The van der Waals surface area contributed by atoms with Gasteiger partial charge in [-0.3, -0.25) is 0 Å². The van der Waals surface area contributed by atoms with Gasteiger partial charge in [-0.25, -0.2) is 0 Å². The Hall–Kier alpha value is -0.860. The molecule has 0 bridgehead atoms. The van der Waals surface area contributed by atoms with Crippen LogP contribution in [0.1, 0.15) is 43.4 Å². The standard InChI is InChI=1S/C15H22O2/c1-3-17-11-15(2,16)14-9-8-12-6-4-5-7-13(12)10-14/h8-10,16H,3-7,11H2,1-2H3. The van der Waals surface area contributed by atoms with E-state index in [9.17, 15) is 5.11 Å². The highest BCUT2D eigenvalue weighted by Gasteiger charge is 2.24. The predicted molar refractivity (Wildman–Crippen MR) is 69.1 cm³/mol. The van der Waals surface area contributed by atoms with Crippen molar-refractivity contribution < 1.29 is 9.84 Å². The van der Waals surface area contributed by atoms with E-state index in [-0.39, 0.29) is 0 Å². The van der Waals surface area contributed by atoms with Crippen molar-refractivity contribution in [3.05, 3.63) is 34.9 Å². The first-order chi connectivity index (χ1) is 8.13. The maximum absolute atomic E-state index is 10.4. The Morgan fingerprint density at radius 3 is 2.65 bits per heavy atom. The fraction of sp³-hybridized carbons (Fsp3) is 0.600. The molecule has 0 saturated carbocycles. The lowest BCUT2D eigenvalue weighted by molar-refractivity contribution is -0.0344. The number of ether oxygens (including phenoxy) is 1. The minimum absolute atomic E-state index is 0.363. The van der Waals surface area contributed by atoms with Crippen LogP contribution in [0.3, 0.4) is 0 Å². The molecular weight excluding hydrogens is 212 g/mol. The normalized spacial score (nSPS) is 18.5. The van der Waals surface area contributed by atoms with Crippen LogP contribution in [-0.4, -0.2) is 18.3 Å². The quantitative estimate of drug-likeness (QED) is 0.868. The van der Waals surface area contributed by atoms with E-state index in [1.807, 2.05) is 19.9 Å². The number of fused-ring (bicyclic) bond motifs is 1. The summed E-state index contributed by atoms with van der Waals surface area (Å²) in [5.74, 6) is 0. The van der Waals surface area contributed by atoms with Gasteiger partial charge >= 0.3 is 0 Å². The lowest BCUT2D eigenvalue weighted by atomic mass is 9.87. The molecule has 0 fully saturated rings. The highest BCUT2D eigenvalue weighted by atomic mass is 16.5. The molecule has 0 aromatic heterocycles. The Morgan fingerprint density at radius 1 is 1.24 bits per heavy atom. The molecule has 0 amide bonds. The number of rotatable bonds is 4. The third-order valence-electron chi connectivity index (χ3n) is 3.56. The average molecular weight is 234 g/mol. The smallest absolute Gasteiger partial charge is 0.110 e. The molecule has 0 spiro atoms. The lowest BCUT2D eigenvalue weighted by Crippen LogP contribution is -2.28. The number of hydrogen-bond donors (Lipinski definition) is 1. The third kappa shape index (κ3) is 2.88. The Morgan fingerprint density at radius 2 is 1.94 bits per heavy atom. The van der Waals surface area contributed by atoms with Gasteiger partial charge in [0.2, 0.25) is 0 Å². The monoisotopic (exact) mass is 234 g/mol. The molecule has 94 valence electrons. The van der Waals surface area contributed by atoms with Crippen LogP contribution in [0, 0.1) is 0 Å². The minimum Gasteiger partial charge on any atom is -0.383 e. The molecule has 1 aromatic rings. The Bertz CT molecular complexity index is 383. The average Bonchev–Trinajstić information content (AvgIpc) is 2.36. The van der Waals surface area contributed by atoms with Gasteiger partial charge in [-0.05, 0) is 56.2 Å². The Balaban J connectivity index is 2.20. The topological polar surface area (TPSA) is 29.5 Å². The molecule has 0 heterocycles. The van der Waals surface area contributed by atoms with Gasteiger partial charge in [-0.2, -0.15) is 0 Å². The molecule has 1 N–H and O–H groups in total. The van der Waals surface area contributed by atoms with Crippen LogP contribution in [0.4, 0.5) is 0 Å². The van der Waals surface area contributed by atoms with Gasteiger partial charge in [0.15, 0.2) is 0 Å². The number of benzene rings is 1. The van der Waals surface area contributed by atoms with Crippen molar-refractivity contribution in [3.8, 4) is 0 Å². The fourth-order valence-electron chi connectivity index (χ4n) is 2.45. The van der Waals surface area contributed by atoms with Crippen molar-refractivity contribution in [3.63, 3.8) is 0 Å². The van der Waals surface area contributed by atoms with E-state index >= 15 is 0 Å². The summed E-state index contributed by atoms with van der Waals surface area (Å²) in [5, 5.41) is 10.4. The van der Waals surface area contributed by atoms with Gasteiger partial charge in [-0.1, -0.05) is 18.2 Å². The lowest BCUT2D eigenvalue weighted by Gasteiger charge is -2.26. The van der Waals surface area contributed by atoms with Gasteiger partial charge in [-0.15, -0.1) is 0 Å². The van der Waals surface area contributed by atoms with Crippen molar-refractivity contribution >= 4 is 0 Å². The first-order valence-corrected chi connectivity index (χ1v) is 6.56. The summed E-state index contributed by atoms with van der Waals surface area (Å²) in [4.78, 5) is 0. The maximum atomic E-state index is 10.4. The Labute approximate surface area is 104 Å². The summed E-state index contributed by atoms with van der Waals surface area (Å²) < 4.78 is 5.35. The van der Waals surface area contributed by atoms with Crippen molar-refractivity contribution in [2.24, 2.45) is 0 Å². The van der Waals surface area contributed by atoms with Crippen LogP contribution < -0.4 is 0 Å². The third-order valence-corrected chi connectivity index (χ3v) is 3.56. The van der Waals surface area contributed by atoms with Gasteiger partial charge in [0.25, 0.3) is 0 Å². The number of aryl methyl sites for hydroxylation is 2. The molecular formula is C15H22O2. The second kappa shape index (κ2) is 5.19. The van der Waals surface area contributed by atoms with Crippen molar-refractivity contribution in [2.75, 3.05) is 13.2 Å². The highest BCUT2D eigenvalue weighted by molar-refractivity contribution is 5.36. The molecule has 1 unspecified atom stereocenters. The Kier molecular flexibility index (Phi) is 3.85. The molecule has 0 aliphatic heterocycles. The summed E-state index contributed by atoms with van der Waals surface area (Å²) in [6.45, 7) is 4.78. The molecule has 17 heavy (non-hydrogen) atoms. The summed E-state index contributed by atoms with van der Waals surface area (Å²) in [5.41, 5.74) is 2.96. The molecule has 1 atom stereocenters. The van der Waals surface area contributed by atoms with E-state index in [0.717, 1.165) is 12.0 Å². The molecule has 2 heteroatoms. The van der Waals surface area contributed by atoms with E-state index in [2.05, 4.69) is 12.1 Å². The molecule has 2 nitrogen and oxygen atoms in total. The van der Waals surface area contributed by atoms with Crippen molar-refractivity contribution in [1.29, 1.82) is 0 Å². The maximum Gasteiger partial charge on any atom is 0.110 e. The fourth-order valence-corrected chi connectivity index (χ4v) is 2.45. The van der Waals surface area contributed by atoms with Gasteiger partial charge in [0, 0.05) is 6.61 Å². The van der Waals surface area contributed by atoms with E-state index in [4.69, 9.17) is 4.74 Å². The van der Waals surface area contributed by atoms with Crippen LogP contribution in [0.15, 0.2) is 18.2 Å². The summed E-state index contributed by atoms with van der Waals surface area (Å²) in [6.07, 6.45) is 4.89. The van der Waals surface area contributed by atoms with Crippen molar-refractivity contribution in [1.82, 2.24) is 0 Å². The summed E-state index contributed by atoms with van der Waals surface area (Å²) in [7, 11) is 0. The van der Waals surface area contributed by atoms with Crippen LogP contribution >= 0.6 is 0 Å². The zero-order valence-electron chi connectivity index (χ0n) is 10.8. The molecule has 1 aliphatic carbocycles. The summed E-state index contributed by atoms with van der Waals surface area (Å²) >= 11 is 0. The second-order valence-electron chi connectivity index (χ2n) is 5.10. The van der Waals surface area contributed by atoms with Gasteiger partial charge < -0.3 is 9.84 Å². The number of hydrogen-bond acceptors (Lipinski definition) is 2. The van der Waals surface area contributed by atoms with E-state index in [0.29, 0.717) is 13.2 Å². The van der Waals surface area contributed by atoms with Crippen LogP contribution in [0.2, 0.25) is 0 Å². The largest absolute Gasteiger partial charge is 0.383 e. The summed E-state index contributed by atoms with van der Waals surface area (Å²) in [6, 6.07) is 6.38. The van der Waals surface area contributed by atoms with E-state index in [1.54, 1.807) is 0 Å². The molecule has 1 aromatic carbocycles. The molecule has 0 saturated heterocycles. The molecule has 2 rings (SSSR count). The van der Waals surface area contributed by atoms with Crippen LogP contribution in [0.5, 0.6) is 0 Å². The zero-order chi connectivity index (χ0) is 12.3. The first-order valence-electron chi connectivity index (χ1n) is 6.56. The van der Waals surface area contributed by atoms with Crippen LogP contribution in [0.25, 0.3) is 0 Å². The minimum atomic E-state index is -0.873. The first kappa shape index (κ1) is 12.6. The number of aliphatic hydroxyl groups is 1.